The molecule has 14 heavy (non-hydrogen) atoms. The van der Waals surface area contributed by atoms with Gasteiger partial charge in [0.25, 0.3) is 0 Å². The molecule has 1 unspecified atom stereocenters. The number of rotatable bonds is 2. The van der Waals surface area contributed by atoms with Crippen molar-refractivity contribution >= 4 is 21.7 Å². The third-order valence-electron chi connectivity index (χ3n) is 1.75. The highest BCUT2D eigenvalue weighted by atomic mass is 79.9. The second kappa shape index (κ2) is 5.62. The van der Waals surface area contributed by atoms with Crippen LogP contribution < -0.4 is 0 Å². The molecule has 1 atom stereocenters. The predicted molar refractivity (Wildman–Crippen MR) is 61.3 cm³/mol. The molecule has 0 spiro atoms. The van der Waals surface area contributed by atoms with Crippen molar-refractivity contribution in [3.05, 3.63) is 35.9 Å². The molecular formula is C12H11BrO. The molecule has 0 aliphatic heterocycles. The van der Waals surface area contributed by atoms with E-state index in [0.717, 1.165) is 12.0 Å². The van der Waals surface area contributed by atoms with Crippen LogP contribution in [0.4, 0.5) is 0 Å². The van der Waals surface area contributed by atoms with Gasteiger partial charge in [0, 0.05) is 5.56 Å². The fourth-order valence-electron chi connectivity index (χ4n) is 0.919. The summed E-state index contributed by atoms with van der Waals surface area (Å²) in [6.07, 6.45) is 0.766. The molecule has 0 N–H and O–H groups in total. The molecule has 0 aliphatic rings. The second-order valence-corrected chi connectivity index (χ2v) is 3.96. The maximum absolute atomic E-state index is 11.3. The maximum Gasteiger partial charge on any atom is 0.219 e. The molecule has 72 valence electrons. The van der Waals surface area contributed by atoms with Crippen LogP contribution in [0.1, 0.15) is 18.9 Å². The van der Waals surface area contributed by atoms with E-state index in [1.807, 2.05) is 37.3 Å². The van der Waals surface area contributed by atoms with E-state index in [2.05, 4.69) is 27.8 Å². The average molecular weight is 251 g/mol. The Morgan fingerprint density at radius 3 is 2.64 bits per heavy atom. The number of carbonyl (C=O) groups is 1. The zero-order valence-corrected chi connectivity index (χ0v) is 9.54. The fourth-order valence-corrected chi connectivity index (χ4v) is 1.03. The van der Waals surface area contributed by atoms with E-state index in [4.69, 9.17) is 0 Å². The zero-order chi connectivity index (χ0) is 10.4. The molecule has 0 saturated carbocycles. The minimum atomic E-state index is -0.140. The highest BCUT2D eigenvalue weighted by molar-refractivity contribution is 9.10. The summed E-state index contributed by atoms with van der Waals surface area (Å²) in [5.74, 6) is 5.38. The molecule has 0 aliphatic carbocycles. The molecular weight excluding hydrogens is 240 g/mol. The summed E-state index contributed by atoms with van der Waals surface area (Å²) in [6, 6.07) is 9.50. The summed E-state index contributed by atoms with van der Waals surface area (Å²) in [5, 5.41) is 0. The van der Waals surface area contributed by atoms with Gasteiger partial charge in [0.15, 0.2) is 0 Å². The van der Waals surface area contributed by atoms with Gasteiger partial charge in [0.05, 0.1) is 4.83 Å². The fraction of sp³-hybridized carbons (Fsp3) is 0.250. The third-order valence-corrected chi connectivity index (χ3v) is 2.81. The normalized spacial score (nSPS) is 11.3. The predicted octanol–water partition coefficient (Wildman–Crippen LogP) is 2.78. The van der Waals surface area contributed by atoms with Gasteiger partial charge in [-0.1, -0.05) is 47.0 Å². The average Bonchev–Trinajstić information content (AvgIpc) is 2.26. The van der Waals surface area contributed by atoms with E-state index in [0.29, 0.717) is 0 Å². The van der Waals surface area contributed by atoms with E-state index < -0.39 is 0 Å². The Hall–Kier alpha value is -1.07. The minimum absolute atomic E-state index is 0.0589. The highest BCUT2D eigenvalue weighted by Crippen LogP contribution is 2.04. The van der Waals surface area contributed by atoms with Gasteiger partial charge in [-0.2, -0.15) is 0 Å². The van der Waals surface area contributed by atoms with Gasteiger partial charge in [-0.25, -0.2) is 0 Å². The first-order valence-corrected chi connectivity index (χ1v) is 5.40. The first kappa shape index (κ1) is 11.0. The first-order valence-electron chi connectivity index (χ1n) is 4.49. The summed E-state index contributed by atoms with van der Waals surface area (Å²) >= 11 is 3.26. The monoisotopic (exact) mass is 250 g/mol. The van der Waals surface area contributed by atoms with Gasteiger partial charge < -0.3 is 0 Å². The van der Waals surface area contributed by atoms with Crippen molar-refractivity contribution in [1.29, 1.82) is 0 Å². The quantitative estimate of drug-likeness (QED) is 0.583. The van der Waals surface area contributed by atoms with Crippen molar-refractivity contribution in [1.82, 2.24) is 0 Å². The third kappa shape index (κ3) is 3.35. The van der Waals surface area contributed by atoms with Gasteiger partial charge in [-0.15, -0.1) is 0 Å². The van der Waals surface area contributed by atoms with Gasteiger partial charge in [0.2, 0.25) is 5.78 Å². The molecule has 0 saturated heterocycles. The minimum Gasteiger partial charge on any atom is -0.284 e. The molecule has 0 heterocycles. The van der Waals surface area contributed by atoms with Crippen LogP contribution in [0.5, 0.6) is 0 Å². The Balaban J connectivity index is 2.69. The number of Topliss-reactive ketones (excluding diaryl/α,β-unsaturated/α-hetero) is 1. The topological polar surface area (TPSA) is 17.1 Å². The van der Waals surface area contributed by atoms with Crippen molar-refractivity contribution in [2.75, 3.05) is 0 Å². The molecule has 0 bridgehead atoms. The van der Waals surface area contributed by atoms with E-state index in [-0.39, 0.29) is 10.6 Å². The van der Waals surface area contributed by atoms with Crippen molar-refractivity contribution in [3.63, 3.8) is 0 Å². The molecule has 0 radical (unpaired) electrons. The molecule has 0 amide bonds. The first-order chi connectivity index (χ1) is 6.74. The Kier molecular flexibility index (Phi) is 4.42. The van der Waals surface area contributed by atoms with Crippen LogP contribution >= 0.6 is 15.9 Å². The Labute approximate surface area is 92.6 Å². The van der Waals surface area contributed by atoms with Gasteiger partial charge in [-0.3, -0.25) is 4.79 Å². The van der Waals surface area contributed by atoms with Crippen LogP contribution in [0.25, 0.3) is 0 Å². The Bertz CT molecular complexity index is 359. The molecule has 1 nitrogen and oxygen atoms in total. The smallest absolute Gasteiger partial charge is 0.219 e. The second-order valence-electron chi connectivity index (χ2n) is 2.86. The lowest BCUT2D eigenvalue weighted by molar-refractivity contribution is -0.113. The number of alkyl halides is 1. The lowest BCUT2D eigenvalue weighted by atomic mass is 10.2. The van der Waals surface area contributed by atoms with Crippen LogP contribution in [0, 0.1) is 11.8 Å². The van der Waals surface area contributed by atoms with Crippen LogP contribution in [-0.4, -0.2) is 10.6 Å². The number of halogens is 1. The summed E-state index contributed by atoms with van der Waals surface area (Å²) in [6.45, 7) is 1.95. The largest absolute Gasteiger partial charge is 0.284 e. The van der Waals surface area contributed by atoms with E-state index in [1.165, 1.54) is 0 Å². The molecule has 2 heteroatoms. The van der Waals surface area contributed by atoms with E-state index in [9.17, 15) is 4.79 Å². The standard InChI is InChI=1S/C12H11BrO/c1-2-11(13)12(14)9-8-10-6-4-3-5-7-10/h3-7,11H,2H2,1H3. The Morgan fingerprint density at radius 1 is 1.43 bits per heavy atom. The van der Waals surface area contributed by atoms with Crippen molar-refractivity contribution in [2.24, 2.45) is 0 Å². The van der Waals surface area contributed by atoms with Crippen LogP contribution in [0.3, 0.4) is 0 Å². The van der Waals surface area contributed by atoms with Crippen molar-refractivity contribution in [3.8, 4) is 11.8 Å². The highest BCUT2D eigenvalue weighted by Gasteiger charge is 2.08. The van der Waals surface area contributed by atoms with Crippen molar-refractivity contribution in [2.45, 2.75) is 18.2 Å². The van der Waals surface area contributed by atoms with Gasteiger partial charge in [-0.05, 0) is 24.5 Å². The molecule has 0 fully saturated rings. The summed E-state index contributed by atoms with van der Waals surface area (Å²) in [5.41, 5.74) is 0.872. The number of carbonyl (C=O) groups excluding carboxylic acids is 1. The zero-order valence-electron chi connectivity index (χ0n) is 7.96. The molecule has 1 rings (SSSR count). The van der Waals surface area contributed by atoms with Gasteiger partial charge >= 0.3 is 0 Å². The SMILES string of the molecule is CCC(Br)C(=O)C#Cc1ccccc1. The molecule has 0 aromatic heterocycles. The number of benzene rings is 1. The number of ketones is 1. The van der Waals surface area contributed by atoms with Crippen LogP contribution in [-0.2, 0) is 4.79 Å². The number of hydrogen-bond donors (Lipinski definition) is 0. The summed E-state index contributed by atoms with van der Waals surface area (Å²) in [4.78, 5) is 11.2. The van der Waals surface area contributed by atoms with E-state index >= 15 is 0 Å². The van der Waals surface area contributed by atoms with Crippen LogP contribution in [0.15, 0.2) is 30.3 Å². The molecule has 1 aromatic rings. The lowest BCUT2D eigenvalue weighted by Crippen LogP contribution is -2.09. The summed E-state index contributed by atoms with van der Waals surface area (Å²) in [7, 11) is 0. The summed E-state index contributed by atoms with van der Waals surface area (Å²) < 4.78 is 0. The van der Waals surface area contributed by atoms with E-state index in [1.54, 1.807) is 0 Å². The van der Waals surface area contributed by atoms with Crippen molar-refractivity contribution < 1.29 is 4.79 Å². The maximum atomic E-state index is 11.3. The number of hydrogen-bond acceptors (Lipinski definition) is 1. The van der Waals surface area contributed by atoms with Crippen LogP contribution in [0.2, 0.25) is 0 Å². The lowest BCUT2D eigenvalue weighted by Gasteiger charge is -1.96. The molecule has 1 aromatic carbocycles. The Morgan fingerprint density at radius 2 is 2.07 bits per heavy atom. The van der Waals surface area contributed by atoms with Gasteiger partial charge in [0.1, 0.15) is 0 Å².